The maximum Gasteiger partial charge on any atom is 0.337 e. The minimum absolute atomic E-state index is 0.0942. The average Bonchev–Trinajstić information content (AvgIpc) is 3.25. The first-order chi connectivity index (χ1) is 12.2. The van der Waals surface area contributed by atoms with Crippen LogP contribution in [0.2, 0.25) is 0 Å². The number of imidazole rings is 1. The van der Waals surface area contributed by atoms with Crippen LogP contribution in [0.15, 0.2) is 30.3 Å². The van der Waals surface area contributed by atoms with Gasteiger partial charge in [-0.25, -0.2) is 4.79 Å². The van der Waals surface area contributed by atoms with Gasteiger partial charge in [-0.1, -0.05) is 17.3 Å². The molecule has 3 N–H and O–H groups in total. The number of nitrogens with zero attached hydrogens (tertiary/aromatic N) is 3. The third-order valence-corrected chi connectivity index (χ3v) is 3.83. The summed E-state index contributed by atoms with van der Waals surface area (Å²) in [4.78, 5) is 18.4. The van der Waals surface area contributed by atoms with Crippen molar-refractivity contribution in [2.45, 2.75) is 6.61 Å². The molecule has 0 saturated heterocycles. The number of hydrogen-bond donors (Lipinski definition) is 3. The summed E-state index contributed by atoms with van der Waals surface area (Å²) < 4.78 is 10.9. The number of carboxylic acid groups (broad SMARTS) is 1. The second-order valence-electron chi connectivity index (χ2n) is 5.30. The molecule has 0 aliphatic carbocycles. The summed E-state index contributed by atoms with van der Waals surface area (Å²) in [6, 6.07) is 8.90. The van der Waals surface area contributed by atoms with Gasteiger partial charge in [-0.15, -0.1) is 5.10 Å². The van der Waals surface area contributed by atoms with E-state index in [0.29, 0.717) is 16.8 Å². The molecule has 0 aliphatic heterocycles. The SMILES string of the molecule is COc1nc2c(OCc3cccc4[nH]nnc34)ccc(C(=O)O)c2[nH]1. The normalized spacial score (nSPS) is 11.1. The number of benzene rings is 2. The first-order valence-corrected chi connectivity index (χ1v) is 7.39. The van der Waals surface area contributed by atoms with Crippen molar-refractivity contribution in [3.63, 3.8) is 0 Å². The number of methoxy groups -OCH3 is 1. The van der Waals surface area contributed by atoms with Crippen LogP contribution in [0.5, 0.6) is 11.8 Å². The highest BCUT2D eigenvalue weighted by molar-refractivity contribution is 6.02. The first-order valence-electron chi connectivity index (χ1n) is 7.39. The van der Waals surface area contributed by atoms with Crippen LogP contribution in [0, 0.1) is 0 Å². The minimum Gasteiger partial charge on any atom is -0.486 e. The van der Waals surface area contributed by atoms with E-state index in [1.54, 1.807) is 6.07 Å². The van der Waals surface area contributed by atoms with E-state index in [-0.39, 0.29) is 18.2 Å². The average molecular weight is 339 g/mol. The molecule has 25 heavy (non-hydrogen) atoms. The number of H-pyrrole nitrogens is 2. The van der Waals surface area contributed by atoms with E-state index in [0.717, 1.165) is 16.6 Å². The summed E-state index contributed by atoms with van der Waals surface area (Å²) in [5.74, 6) is -0.615. The van der Waals surface area contributed by atoms with Gasteiger partial charge < -0.3 is 19.6 Å². The van der Waals surface area contributed by atoms with E-state index in [4.69, 9.17) is 9.47 Å². The molecule has 9 nitrogen and oxygen atoms in total. The first kappa shape index (κ1) is 14.9. The number of carbonyl (C=O) groups is 1. The smallest absolute Gasteiger partial charge is 0.337 e. The summed E-state index contributed by atoms with van der Waals surface area (Å²) in [5.41, 5.74) is 3.22. The Bertz CT molecular complexity index is 1080. The van der Waals surface area contributed by atoms with Crippen molar-refractivity contribution in [2.24, 2.45) is 0 Å². The molecule has 4 aromatic rings. The summed E-state index contributed by atoms with van der Waals surface area (Å²) >= 11 is 0. The van der Waals surface area contributed by atoms with Crippen molar-refractivity contribution in [1.29, 1.82) is 0 Å². The molecule has 2 aromatic heterocycles. The molecule has 9 heteroatoms. The fraction of sp³-hybridized carbons (Fsp3) is 0.125. The zero-order chi connectivity index (χ0) is 17.4. The number of aromatic amines is 2. The molecular formula is C16H13N5O4. The van der Waals surface area contributed by atoms with E-state index in [2.05, 4.69) is 25.4 Å². The fourth-order valence-electron chi connectivity index (χ4n) is 2.64. The maximum atomic E-state index is 11.4. The monoisotopic (exact) mass is 339 g/mol. The molecular weight excluding hydrogens is 326 g/mol. The van der Waals surface area contributed by atoms with Crippen molar-refractivity contribution in [2.75, 3.05) is 7.11 Å². The molecule has 0 fully saturated rings. The van der Waals surface area contributed by atoms with Gasteiger partial charge in [0.15, 0.2) is 0 Å². The van der Waals surface area contributed by atoms with Gasteiger partial charge in [-0.05, 0) is 18.2 Å². The van der Waals surface area contributed by atoms with Crippen molar-refractivity contribution in [3.8, 4) is 11.8 Å². The summed E-state index contributed by atoms with van der Waals surface area (Å²) in [6.07, 6.45) is 0. The van der Waals surface area contributed by atoms with E-state index < -0.39 is 5.97 Å². The molecule has 0 amide bonds. The lowest BCUT2D eigenvalue weighted by atomic mass is 10.1. The van der Waals surface area contributed by atoms with Crippen molar-refractivity contribution in [3.05, 3.63) is 41.5 Å². The Kier molecular flexibility index (Phi) is 3.46. The molecule has 0 bridgehead atoms. The third-order valence-electron chi connectivity index (χ3n) is 3.83. The highest BCUT2D eigenvalue weighted by Crippen LogP contribution is 2.30. The Morgan fingerprint density at radius 3 is 2.92 bits per heavy atom. The molecule has 0 atom stereocenters. The molecule has 0 unspecified atom stereocenters. The quantitative estimate of drug-likeness (QED) is 0.508. The Labute approximate surface area is 140 Å². The van der Waals surface area contributed by atoms with Crippen molar-refractivity contribution < 1.29 is 19.4 Å². The van der Waals surface area contributed by atoms with E-state index in [1.807, 2.05) is 18.2 Å². The maximum absolute atomic E-state index is 11.4. The number of hydrogen-bond acceptors (Lipinski definition) is 6. The second kappa shape index (κ2) is 5.78. The predicted molar refractivity (Wildman–Crippen MR) is 87.8 cm³/mol. The van der Waals surface area contributed by atoms with Gasteiger partial charge in [-0.3, -0.25) is 5.10 Å². The van der Waals surface area contributed by atoms with Gasteiger partial charge in [0.25, 0.3) is 6.01 Å². The van der Waals surface area contributed by atoms with Gasteiger partial charge in [0, 0.05) is 5.56 Å². The van der Waals surface area contributed by atoms with Gasteiger partial charge in [0.1, 0.15) is 23.4 Å². The van der Waals surface area contributed by atoms with Crippen LogP contribution >= 0.6 is 0 Å². The number of rotatable bonds is 5. The number of ether oxygens (including phenoxy) is 2. The Balaban J connectivity index is 1.72. The van der Waals surface area contributed by atoms with Crippen LogP contribution < -0.4 is 9.47 Å². The van der Waals surface area contributed by atoms with E-state index in [1.165, 1.54) is 13.2 Å². The lowest BCUT2D eigenvalue weighted by molar-refractivity contribution is 0.0699. The number of aromatic carboxylic acids is 1. The van der Waals surface area contributed by atoms with Crippen molar-refractivity contribution >= 4 is 28.0 Å². The molecule has 0 spiro atoms. The molecule has 2 aromatic carbocycles. The Hall–Kier alpha value is -3.62. The topological polar surface area (TPSA) is 126 Å². The number of aromatic nitrogens is 5. The summed E-state index contributed by atoms with van der Waals surface area (Å²) in [7, 11) is 1.45. The predicted octanol–water partition coefficient (Wildman–Crippen LogP) is 2.12. The standard InChI is InChI=1S/C16H13N5O4/c1-24-16-17-13-9(15(22)23)5-6-11(14(13)18-16)25-7-8-3-2-4-10-12(8)20-21-19-10/h2-6H,7H2,1H3,(H,17,18)(H,22,23)(H,19,20,21). The summed E-state index contributed by atoms with van der Waals surface area (Å²) in [6.45, 7) is 0.237. The molecule has 0 saturated carbocycles. The second-order valence-corrected chi connectivity index (χ2v) is 5.30. The zero-order valence-corrected chi connectivity index (χ0v) is 13.1. The minimum atomic E-state index is -1.06. The van der Waals surface area contributed by atoms with Crippen LogP contribution in [-0.4, -0.2) is 43.6 Å². The molecule has 4 rings (SSSR count). The number of nitrogens with one attached hydrogen (secondary N) is 2. The van der Waals surface area contributed by atoms with Crippen LogP contribution in [0.4, 0.5) is 0 Å². The summed E-state index contributed by atoms with van der Waals surface area (Å²) in [5, 5.41) is 19.9. The largest absolute Gasteiger partial charge is 0.486 e. The number of fused-ring (bicyclic) bond motifs is 2. The van der Waals surface area contributed by atoms with Crippen LogP contribution in [0.1, 0.15) is 15.9 Å². The van der Waals surface area contributed by atoms with Gasteiger partial charge in [0.2, 0.25) is 0 Å². The van der Waals surface area contributed by atoms with Gasteiger partial charge in [-0.2, -0.15) is 4.98 Å². The number of carboxylic acids is 1. The van der Waals surface area contributed by atoms with Gasteiger partial charge in [0.05, 0.1) is 23.7 Å². The molecule has 126 valence electrons. The lowest BCUT2D eigenvalue weighted by Gasteiger charge is -2.08. The highest BCUT2D eigenvalue weighted by Gasteiger charge is 2.17. The Morgan fingerprint density at radius 2 is 2.12 bits per heavy atom. The van der Waals surface area contributed by atoms with Gasteiger partial charge >= 0.3 is 5.97 Å². The molecule has 2 heterocycles. The van der Waals surface area contributed by atoms with Crippen LogP contribution in [-0.2, 0) is 6.61 Å². The highest BCUT2D eigenvalue weighted by atomic mass is 16.5. The molecule has 0 aliphatic rings. The lowest BCUT2D eigenvalue weighted by Crippen LogP contribution is -2.01. The third kappa shape index (κ3) is 2.51. The van der Waals surface area contributed by atoms with Crippen LogP contribution in [0.25, 0.3) is 22.1 Å². The van der Waals surface area contributed by atoms with Crippen molar-refractivity contribution in [1.82, 2.24) is 25.4 Å². The zero-order valence-electron chi connectivity index (χ0n) is 13.1. The van der Waals surface area contributed by atoms with Crippen LogP contribution in [0.3, 0.4) is 0 Å². The molecule has 0 radical (unpaired) electrons. The van der Waals surface area contributed by atoms with E-state index in [9.17, 15) is 9.90 Å². The Morgan fingerprint density at radius 1 is 1.24 bits per heavy atom. The fourth-order valence-corrected chi connectivity index (χ4v) is 2.64. The van der Waals surface area contributed by atoms with E-state index >= 15 is 0 Å².